The number of rotatable bonds is 4. The zero-order valence-electron chi connectivity index (χ0n) is 13.0. The number of carbonyl (C=O) groups excluding carboxylic acids is 1. The normalized spacial score (nSPS) is 19.7. The molecule has 0 spiro atoms. The average molecular weight is 301 g/mol. The molecule has 1 aliphatic carbocycles. The van der Waals surface area contributed by atoms with Gasteiger partial charge < -0.3 is 14.2 Å². The fourth-order valence-electron chi connectivity index (χ4n) is 2.59. The summed E-state index contributed by atoms with van der Waals surface area (Å²) in [6.45, 7) is 1.94. The highest BCUT2D eigenvalue weighted by Gasteiger charge is 2.32. The second kappa shape index (κ2) is 5.83. The number of carbonyl (C=O) groups is 1. The van der Waals surface area contributed by atoms with Crippen molar-refractivity contribution in [1.82, 2.24) is 0 Å². The summed E-state index contributed by atoms with van der Waals surface area (Å²) in [5.74, 6) is 1.86. The molecule has 5 heteroatoms. The van der Waals surface area contributed by atoms with Crippen LogP contribution in [0.2, 0.25) is 0 Å². The smallest absolute Gasteiger partial charge is 0.363 e. The number of hydrogen-bond donors (Lipinski definition) is 0. The highest BCUT2D eigenvalue weighted by Crippen LogP contribution is 2.34. The number of aliphatic imine (C=N–C) groups is 1. The number of nitrogens with zero attached hydrogens (tertiary/aromatic N) is 1. The number of benzene rings is 1. The van der Waals surface area contributed by atoms with Crippen LogP contribution >= 0.6 is 0 Å². The molecule has 1 aromatic carbocycles. The van der Waals surface area contributed by atoms with Crippen molar-refractivity contribution in [3.8, 4) is 11.5 Å². The summed E-state index contributed by atoms with van der Waals surface area (Å²) in [7, 11) is 3.21. The molecule has 2 aliphatic rings. The van der Waals surface area contributed by atoms with Gasteiger partial charge in [0.2, 0.25) is 5.90 Å². The number of ether oxygens (including phenoxy) is 3. The van der Waals surface area contributed by atoms with Gasteiger partial charge in [0.25, 0.3) is 0 Å². The van der Waals surface area contributed by atoms with Crippen LogP contribution in [0.1, 0.15) is 30.4 Å². The minimum absolute atomic E-state index is 0.296. The monoisotopic (exact) mass is 301 g/mol. The van der Waals surface area contributed by atoms with Crippen LogP contribution in [0, 0.1) is 12.8 Å². The molecule has 0 radical (unpaired) electrons. The Morgan fingerprint density at radius 3 is 2.55 bits per heavy atom. The molecule has 5 nitrogen and oxygen atoms in total. The first-order valence-corrected chi connectivity index (χ1v) is 7.37. The van der Waals surface area contributed by atoms with Crippen molar-refractivity contribution in [1.29, 1.82) is 0 Å². The van der Waals surface area contributed by atoms with Crippen LogP contribution in [0.4, 0.5) is 0 Å². The molecule has 3 rings (SSSR count). The number of aryl methyl sites for hydroxylation is 1. The topological polar surface area (TPSA) is 57.1 Å². The first-order chi connectivity index (χ1) is 10.6. The maximum atomic E-state index is 12.0. The Labute approximate surface area is 129 Å². The Morgan fingerprint density at radius 2 is 1.95 bits per heavy atom. The lowest BCUT2D eigenvalue weighted by Crippen LogP contribution is -2.22. The lowest BCUT2D eigenvalue weighted by atomic mass is 9.85. The SMILES string of the molecule is COc1cc(/C=C2/N=C(C3CCC3)OC2=O)c(OC)cc1C. The number of esters is 1. The number of hydrogen-bond acceptors (Lipinski definition) is 5. The Morgan fingerprint density at radius 1 is 1.23 bits per heavy atom. The zero-order valence-corrected chi connectivity index (χ0v) is 13.0. The van der Waals surface area contributed by atoms with Gasteiger partial charge in [-0.2, -0.15) is 0 Å². The van der Waals surface area contributed by atoms with Gasteiger partial charge in [0, 0.05) is 11.5 Å². The first kappa shape index (κ1) is 14.6. The molecule has 0 bridgehead atoms. The van der Waals surface area contributed by atoms with Gasteiger partial charge in [-0.25, -0.2) is 9.79 Å². The van der Waals surface area contributed by atoms with Crippen LogP contribution in [0.25, 0.3) is 6.08 Å². The number of cyclic esters (lactones) is 1. The standard InChI is InChI=1S/C17H19NO4/c1-10-7-15(21-3)12(9-14(10)20-2)8-13-17(19)22-16(18-13)11-5-4-6-11/h7-9,11H,4-6H2,1-3H3/b13-8+. The fourth-order valence-corrected chi connectivity index (χ4v) is 2.59. The average Bonchev–Trinajstić information content (AvgIpc) is 2.79. The van der Waals surface area contributed by atoms with Crippen molar-refractivity contribution >= 4 is 17.9 Å². The predicted octanol–water partition coefficient (Wildman–Crippen LogP) is 3.11. The first-order valence-electron chi connectivity index (χ1n) is 7.37. The minimum Gasteiger partial charge on any atom is -0.496 e. The molecule has 1 heterocycles. The van der Waals surface area contributed by atoms with E-state index in [1.165, 1.54) is 6.42 Å². The summed E-state index contributed by atoms with van der Waals surface area (Å²) >= 11 is 0. The molecular weight excluding hydrogens is 282 g/mol. The summed E-state index contributed by atoms with van der Waals surface area (Å²) < 4.78 is 16.0. The Balaban J connectivity index is 1.96. The molecule has 0 N–H and O–H groups in total. The molecule has 0 atom stereocenters. The third-order valence-electron chi connectivity index (χ3n) is 4.13. The Hall–Kier alpha value is -2.30. The van der Waals surface area contributed by atoms with Gasteiger partial charge in [-0.1, -0.05) is 6.42 Å². The molecule has 0 amide bonds. The van der Waals surface area contributed by atoms with Crippen LogP contribution in [-0.2, 0) is 9.53 Å². The van der Waals surface area contributed by atoms with Crippen LogP contribution in [0.5, 0.6) is 11.5 Å². The van der Waals surface area contributed by atoms with Crippen molar-refractivity contribution in [2.45, 2.75) is 26.2 Å². The van der Waals surface area contributed by atoms with Gasteiger partial charge in [-0.15, -0.1) is 0 Å². The third kappa shape index (κ3) is 2.58. The van der Waals surface area contributed by atoms with E-state index in [-0.39, 0.29) is 0 Å². The third-order valence-corrected chi connectivity index (χ3v) is 4.13. The molecule has 1 aromatic rings. The molecule has 0 saturated heterocycles. The highest BCUT2D eigenvalue weighted by atomic mass is 16.6. The van der Waals surface area contributed by atoms with E-state index < -0.39 is 5.97 Å². The zero-order chi connectivity index (χ0) is 15.7. The molecule has 22 heavy (non-hydrogen) atoms. The molecule has 1 aliphatic heterocycles. The quantitative estimate of drug-likeness (QED) is 0.633. The van der Waals surface area contributed by atoms with E-state index in [9.17, 15) is 4.79 Å². The van der Waals surface area contributed by atoms with Crippen molar-refractivity contribution in [2.75, 3.05) is 14.2 Å². The number of methoxy groups -OCH3 is 2. The van der Waals surface area contributed by atoms with Gasteiger partial charge >= 0.3 is 5.97 Å². The van der Waals surface area contributed by atoms with Crippen molar-refractivity contribution in [3.63, 3.8) is 0 Å². The van der Waals surface area contributed by atoms with Crippen LogP contribution in [0.15, 0.2) is 22.8 Å². The molecule has 1 saturated carbocycles. The van der Waals surface area contributed by atoms with Gasteiger partial charge in [0.15, 0.2) is 5.70 Å². The van der Waals surface area contributed by atoms with E-state index in [0.29, 0.717) is 23.3 Å². The van der Waals surface area contributed by atoms with E-state index >= 15 is 0 Å². The highest BCUT2D eigenvalue weighted by molar-refractivity contribution is 6.08. The summed E-state index contributed by atoms with van der Waals surface area (Å²) in [4.78, 5) is 16.3. The Kier molecular flexibility index (Phi) is 3.88. The summed E-state index contributed by atoms with van der Waals surface area (Å²) in [5, 5.41) is 0. The van der Waals surface area contributed by atoms with Gasteiger partial charge in [0.05, 0.1) is 14.2 Å². The second-order valence-corrected chi connectivity index (χ2v) is 5.56. The second-order valence-electron chi connectivity index (χ2n) is 5.56. The van der Waals surface area contributed by atoms with E-state index in [2.05, 4.69) is 4.99 Å². The van der Waals surface area contributed by atoms with Crippen molar-refractivity contribution in [3.05, 3.63) is 29.0 Å². The molecule has 0 aromatic heterocycles. The van der Waals surface area contributed by atoms with Gasteiger partial charge in [-0.3, -0.25) is 0 Å². The lowest BCUT2D eigenvalue weighted by Gasteiger charge is -2.23. The van der Waals surface area contributed by atoms with Crippen LogP contribution < -0.4 is 9.47 Å². The van der Waals surface area contributed by atoms with E-state index in [4.69, 9.17) is 14.2 Å². The maximum Gasteiger partial charge on any atom is 0.363 e. The van der Waals surface area contributed by atoms with Gasteiger partial charge in [0.1, 0.15) is 11.5 Å². The van der Waals surface area contributed by atoms with E-state index in [1.807, 2.05) is 19.1 Å². The molecular formula is C17H19NO4. The largest absolute Gasteiger partial charge is 0.496 e. The minimum atomic E-state index is -0.400. The molecule has 0 unspecified atom stereocenters. The maximum absolute atomic E-state index is 12.0. The van der Waals surface area contributed by atoms with E-state index in [0.717, 1.165) is 29.7 Å². The summed E-state index contributed by atoms with van der Waals surface area (Å²) in [5.41, 5.74) is 2.02. The predicted molar refractivity (Wildman–Crippen MR) is 83.1 cm³/mol. The Bertz CT molecular complexity index is 671. The van der Waals surface area contributed by atoms with Crippen LogP contribution in [-0.4, -0.2) is 26.1 Å². The van der Waals surface area contributed by atoms with Gasteiger partial charge in [-0.05, 0) is 43.5 Å². The van der Waals surface area contributed by atoms with Crippen molar-refractivity contribution < 1.29 is 19.0 Å². The van der Waals surface area contributed by atoms with Crippen LogP contribution in [0.3, 0.4) is 0 Å². The van der Waals surface area contributed by atoms with E-state index in [1.54, 1.807) is 20.3 Å². The molecule has 116 valence electrons. The fraction of sp³-hybridized carbons (Fsp3) is 0.412. The van der Waals surface area contributed by atoms with Crippen molar-refractivity contribution in [2.24, 2.45) is 10.9 Å². The summed E-state index contributed by atoms with van der Waals surface area (Å²) in [6.07, 6.45) is 4.94. The summed E-state index contributed by atoms with van der Waals surface area (Å²) in [6, 6.07) is 3.72. The lowest BCUT2D eigenvalue weighted by molar-refractivity contribution is -0.130. The molecule has 1 fully saturated rings.